The van der Waals surface area contributed by atoms with Gasteiger partial charge < -0.3 is 18.9 Å². The number of aryl methyl sites for hydroxylation is 2. The average molecular weight is 655 g/mol. The van der Waals surface area contributed by atoms with E-state index in [-0.39, 0.29) is 11.9 Å². The first-order valence-electron chi connectivity index (χ1n) is 16.5. The fraction of sp³-hybridized carbons (Fsp3) is 0.350. The van der Waals surface area contributed by atoms with Crippen LogP contribution >= 0.6 is 0 Å². The fourth-order valence-corrected chi connectivity index (χ4v) is 4.67. The molecular formula is C40H46O8. The van der Waals surface area contributed by atoms with Gasteiger partial charge in [0, 0.05) is 11.1 Å². The van der Waals surface area contributed by atoms with Gasteiger partial charge in [-0.05, 0) is 112 Å². The second kappa shape index (κ2) is 20.3. The largest absolute Gasteiger partial charge is 0.462 e. The average Bonchev–Trinajstić information content (AvgIpc) is 3.08. The third-order valence-electron chi connectivity index (χ3n) is 7.51. The Morgan fingerprint density at radius 3 is 1.15 bits per heavy atom. The lowest BCUT2D eigenvalue weighted by atomic mass is 10.0. The highest BCUT2D eigenvalue weighted by Crippen LogP contribution is 2.21. The maximum absolute atomic E-state index is 12.7. The van der Waals surface area contributed by atoms with Gasteiger partial charge in [-0.25, -0.2) is 19.2 Å². The van der Waals surface area contributed by atoms with Crippen molar-refractivity contribution in [2.24, 2.45) is 0 Å². The Labute approximate surface area is 283 Å². The molecule has 0 N–H and O–H groups in total. The highest BCUT2D eigenvalue weighted by Gasteiger charge is 2.12. The molecule has 8 nitrogen and oxygen atoms in total. The molecule has 3 rings (SSSR count). The number of unbranched alkanes of at least 4 members (excludes halogenated alkanes) is 6. The number of rotatable bonds is 20. The van der Waals surface area contributed by atoms with Crippen molar-refractivity contribution >= 4 is 23.9 Å². The predicted molar refractivity (Wildman–Crippen MR) is 185 cm³/mol. The molecule has 0 unspecified atom stereocenters. The molecule has 0 aliphatic carbocycles. The SMILES string of the molecule is C=C(C)C(=O)OCCCCCCc1ccc(C(=O)Oc2ccc(OC(=O)c3ccc(CCCCCCOC(=O)C(=C)C)cc3)cc2)cc1. The molecule has 0 fully saturated rings. The summed E-state index contributed by atoms with van der Waals surface area (Å²) in [6.45, 7) is 11.2. The van der Waals surface area contributed by atoms with Crippen LogP contribution in [0.15, 0.2) is 97.1 Å². The van der Waals surface area contributed by atoms with E-state index in [4.69, 9.17) is 18.9 Å². The van der Waals surface area contributed by atoms with Crippen molar-refractivity contribution in [2.75, 3.05) is 13.2 Å². The van der Waals surface area contributed by atoms with Crippen LogP contribution in [0.4, 0.5) is 0 Å². The first kappa shape index (κ1) is 37.5. The van der Waals surface area contributed by atoms with Crippen LogP contribution in [0.25, 0.3) is 0 Å². The van der Waals surface area contributed by atoms with Crippen LogP contribution in [-0.2, 0) is 31.9 Å². The molecule has 0 spiro atoms. The lowest BCUT2D eigenvalue weighted by Gasteiger charge is -2.08. The molecule has 0 aliphatic rings. The predicted octanol–water partition coefficient (Wildman–Crippen LogP) is 8.57. The molecule has 0 radical (unpaired) electrons. The van der Waals surface area contributed by atoms with E-state index in [1.54, 1.807) is 62.4 Å². The summed E-state index contributed by atoms with van der Waals surface area (Å²) >= 11 is 0. The Hall–Kier alpha value is -4.98. The van der Waals surface area contributed by atoms with Crippen LogP contribution in [0.5, 0.6) is 11.5 Å². The standard InChI is InChI=1S/C40H46O8/c1-29(2)37(41)45-27-11-7-5-9-13-31-15-19-33(20-16-31)39(43)47-35-23-25-36(26-24-35)48-40(44)34-21-17-32(18-22-34)14-10-6-8-12-28-46-38(42)30(3)4/h15-26H,1,3,5-14,27-28H2,2,4H3. The summed E-state index contributed by atoms with van der Waals surface area (Å²) in [6, 6.07) is 21.1. The van der Waals surface area contributed by atoms with Gasteiger partial charge in [0.15, 0.2) is 0 Å². The van der Waals surface area contributed by atoms with Crippen molar-refractivity contribution < 1.29 is 38.1 Å². The quantitative estimate of drug-likeness (QED) is 0.0516. The van der Waals surface area contributed by atoms with E-state index in [9.17, 15) is 19.2 Å². The Kier molecular flexibility index (Phi) is 15.8. The Bertz CT molecular complexity index is 1400. The summed E-state index contributed by atoms with van der Waals surface area (Å²) in [5.41, 5.74) is 3.98. The minimum Gasteiger partial charge on any atom is -0.462 e. The third-order valence-corrected chi connectivity index (χ3v) is 7.51. The zero-order valence-electron chi connectivity index (χ0n) is 28.1. The molecule has 48 heavy (non-hydrogen) atoms. The van der Waals surface area contributed by atoms with Crippen LogP contribution in [0.1, 0.15) is 97.1 Å². The van der Waals surface area contributed by atoms with Gasteiger partial charge in [-0.15, -0.1) is 0 Å². The lowest BCUT2D eigenvalue weighted by molar-refractivity contribution is -0.139. The molecule has 0 atom stereocenters. The fourth-order valence-electron chi connectivity index (χ4n) is 4.67. The molecule has 0 bridgehead atoms. The first-order valence-corrected chi connectivity index (χ1v) is 16.5. The zero-order valence-corrected chi connectivity index (χ0v) is 28.1. The van der Waals surface area contributed by atoms with Crippen LogP contribution in [-0.4, -0.2) is 37.1 Å². The minimum atomic E-state index is -0.472. The van der Waals surface area contributed by atoms with Crippen molar-refractivity contribution in [3.05, 3.63) is 119 Å². The van der Waals surface area contributed by atoms with Crippen LogP contribution in [0.3, 0.4) is 0 Å². The van der Waals surface area contributed by atoms with E-state index >= 15 is 0 Å². The molecule has 0 amide bonds. The monoisotopic (exact) mass is 654 g/mol. The van der Waals surface area contributed by atoms with Gasteiger partial charge in [-0.3, -0.25) is 0 Å². The van der Waals surface area contributed by atoms with Crippen LogP contribution in [0.2, 0.25) is 0 Å². The molecule has 0 saturated heterocycles. The highest BCUT2D eigenvalue weighted by molar-refractivity contribution is 5.92. The third kappa shape index (κ3) is 13.8. The number of carbonyl (C=O) groups excluding carboxylic acids is 4. The summed E-state index contributed by atoms with van der Waals surface area (Å²) in [6.07, 6.45) is 9.42. The molecule has 3 aromatic carbocycles. The van der Waals surface area contributed by atoms with Crippen LogP contribution in [0, 0.1) is 0 Å². The topological polar surface area (TPSA) is 105 Å². The molecular weight excluding hydrogens is 608 g/mol. The van der Waals surface area contributed by atoms with E-state index in [0.29, 0.717) is 47.0 Å². The molecule has 8 heteroatoms. The smallest absolute Gasteiger partial charge is 0.343 e. The van der Waals surface area contributed by atoms with Gasteiger partial charge in [0.05, 0.1) is 24.3 Å². The van der Waals surface area contributed by atoms with Crippen molar-refractivity contribution in [1.29, 1.82) is 0 Å². The maximum Gasteiger partial charge on any atom is 0.343 e. The Morgan fingerprint density at radius 1 is 0.479 bits per heavy atom. The van der Waals surface area contributed by atoms with E-state index in [1.165, 1.54) is 0 Å². The Morgan fingerprint density at radius 2 is 0.812 bits per heavy atom. The molecule has 3 aromatic rings. The summed E-state index contributed by atoms with van der Waals surface area (Å²) in [7, 11) is 0. The Balaban J connectivity index is 1.33. The van der Waals surface area contributed by atoms with Gasteiger partial charge >= 0.3 is 23.9 Å². The second-order valence-corrected chi connectivity index (χ2v) is 11.8. The van der Waals surface area contributed by atoms with Gasteiger partial charge in [0.1, 0.15) is 11.5 Å². The summed E-state index contributed by atoms with van der Waals surface area (Å²) in [5.74, 6) is -0.948. The normalized spacial score (nSPS) is 10.5. The summed E-state index contributed by atoms with van der Waals surface area (Å²) in [5, 5.41) is 0. The number of hydrogen-bond acceptors (Lipinski definition) is 8. The van der Waals surface area contributed by atoms with Gasteiger partial charge in [-0.2, -0.15) is 0 Å². The molecule has 0 aliphatic heterocycles. The van der Waals surface area contributed by atoms with E-state index in [0.717, 1.165) is 75.3 Å². The highest BCUT2D eigenvalue weighted by atomic mass is 16.5. The minimum absolute atomic E-state index is 0.343. The van der Waals surface area contributed by atoms with Crippen molar-refractivity contribution in [3.63, 3.8) is 0 Å². The lowest BCUT2D eigenvalue weighted by Crippen LogP contribution is -2.09. The maximum atomic E-state index is 12.7. The van der Waals surface area contributed by atoms with E-state index < -0.39 is 11.9 Å². The van der Waals surface area contributed by atoms with Crippen LogP contribution < -0.4 is 9.47 Å². The number of ether oxygens (including phenoxy) is 4. The van der Waals surface area contributed by atoms with Crippen molar-refractivity contribution in [1.82, 2.24) is 0 Å². The first-order chi connectivity index (χ1) is 23.1. The molecule has 0 aromatic heterocycles. The van der Waals surface area contributed by atoms with E-state index in [2.05, 4.69) is 13.2 Å². The summed E-state index contributed by atoms with van der Waals surface area (Å²) in [4.78, 5) is 48.1. The second-order valence-electron chi connectivity index (χ2n) is 11.8. The molecule has 0 saturated carbocycles. The van der Waals surface area contributed by atoms with Gasteiger partial charge in [0.25, 0.3) is 0 Å². The zero-order chi connectivity index (χ0) is 34.7. The van der Waals surface area contributed by atoms with Crippen molar-refractivity contribution in [3.8, 4) is 11.5 Å². The van der Waals surface area contributed by atoms with E-state index in [1.807, 2.05) is 24.3 Å². The summed E-state index contributed by atoms with van der Waals surface area (Å²) < 4.78 is 21.2. The van der Waals surface area contributed by atoms with Gasteiger partial charge in [-0.1, -0.05) is 63.1 Å². The molecule has 0 heterocycles. The number of benzene rings is 3. The van der Waals surface area contributed by atoms with Crippen molar-refractivity contribution in [2.45, 2.75) is 78.1 Å². The number of esters is 4. The number of hydrogen-bond donors (Lipinski definition) is 0. The van der Waals surface area contributed by atoms with Gasteiger partial charge in [0.2, 0.25) is 0 Å². The molecule has 254 valence electrons. The number of carbonyl (C=O) groups is 4.